The minimum Gasteiger partial charge on any atom is -0.344 e. The Morgan fingerprint density at radius 2 is 2.27 bits per heavy atom. The van der Waals surface area contributed by atoms with E-state index in [9.17, 15) is 0 Å². The summed E-state index contributed by atoms with van der Waals surface area (Å²) in [6, 6.07) is 0. The zero-order valence-corrected chi connectivity index (χ0v) is 6.76. The SMILES string of the molecule is C=C/C=N\c1nc(C)[nH]c1C. The van der Waals surface area contributed by atoms with E-state index >= 15 is 0 Å². The molecule has 0 bridgehead atoms. The van der Waals surface area contributed by atoms with Crippen molar-refractivity contribution in [2.75, 3.05) is 0 Å². The summed E-state index contributed by atoms with van der Waals surface area (Å²) in [6.07, 6.45) is 3.26. The maximum absolute atomic E-state index is 4.15. The number of aromatic nitrogens is 2. The Labute approximate surface area is 65.9 Å². The molecule has 1 aromatic rings. The van der Waals surface area contributed by atoms with Crippen LogP contribution in [0.2, 0.25) is 0 Å². The third kappa shape index (κ3) is 1.77. The van der Waals surface area contributed by atoms with Crippen LogP contribution in [0.5, 0.6) is 0 Å². The van der Waals surface area contributed by atoms with Gasteiger partial charge in [-0.15, -0.1) is 0 Å². The highest BCUT2D eigenvalue weighted by Gasteiger charge is 1.98. The number of H-pyrrole nitrogens is 1. The van der Waals surface area contributed by atoms with E-state index < -0.39 is 0 Å². The Morgan fingerprint density at radius 3 is 2.73 bits per heavy atom. The van der Waals surface area contributed by atoms with Crippen LogP contribution in [0.15, 0.2) is 17.6 Å². The number of hydrogen-bond donors (Lipinski definition) is 1. The topological polar surface area (TPSA) is 41.0 Å². The van der Waals surface area contributed by atoms with E-state index in [-0.39, 0.29) is 0 Å². The fourth-order valence-electron chi connectivity index (χ4n) is 0.847. The van der Waals surface area contributed by atoms with Gasteiger partial charge in [0, 0.05) is 6.21 Å². The molecule has 3 nitrogen and oxygen atoms in total. The molecule has 0 unspecified atom stereocenters. The summed E-state index contributed by atoms with van der Waals surface area (Å²) >= 11 is 0. The molecule has 0 amide bonds. The Bertz CT molecular complexity index is 284. The molecular weight excluding hydrogens is 138 g/mol. The Hall–Kier alpha value is -1.38. The van der Waals surface area contributed by atoms with Gasteiger partial charge in [0.15, 0.2) is 5.82 Å². The van der Waals surface area contributed by atoms with Crippen molar-refractivity contribution >= 4 is 12.0 Å². The highest BCUT2D eigenvalue weighted by molar-refractivity contribution is 5.73. The van der Waals surface area contributed by atoms with E-state index in [0.717, 1.165) is 17.3 Å². The molecule has 0 radical (unpaired) electrons. The first-order chi connectivity index (χ1) is 5.24. The molecule has 1 heterocycles. The highest BCUT2D eigenvalue weighted by Crippen LogP contribution is 2.12. The number of aryl methyl sites for hydroxylation is 2. The average Bonchev–Trinajstić information content (AvgIpc) is 2.26. The quantitative estimate of drug-likeness (QED) is 0.641. The molecule has 0 aromatic carbocycles. The normalized spacial score (nSPS) is 10.7. The van der Waals surface area contributed by atoms with Crippen molar-refractivity contribution in [1.82, 2.24) is 9.97 Å². The fourth-order valence-corrected chi connectivity index (χ4v) is 0.847. The first-order valence-corrected chi connectivity index (χ1v) is 3.42. The van der Waals surface area contributed by atoms with Crippen LogP contribution in [-0.2, 0) is 0 Å². The molecule has 0 aliphatic rings. The lowest BCUT2D eigenvalue weighted by molar-refractivity contribution is 1.13. The van der Waals surface area contributed by atoms with E-state index in [1.165, 1.54) is 0 Å². The van der Waals surface area contributed by atoms with E-state index in [1.54, 1.807) is 12.3 Å². The van der Waals surface area contributed by atoms with Crippen LogP contribution in [0.1, 0.15) is 11.5 Å². The molecule has 0 aliphatic heterocycles. The number of allylic oxidation sites excluding steroid dienone is 1. The summed E-state index contributed by atoms with van der Waals surface area (Å²) in [5.41, 5.74) is 0.987. The monoisotopic (exact) mass is 149 g/mol. The Morgan fingerprint density at radius 1 is 1.55 bits per heavy atom. The van der Waals surface area contributed by atoms with Crippen LogP contribution in [0, 0.1) is 13.8 Å². The van der Waals surface area contributed by atoms with Crippen LogP contribution >= 0.6 is 0 Å². The summed E-state index contributed by atoms with van der Waals surface area (Å²) < 4.78 is 0. The van der Waals surface area contributed by atoms with Gasteiger partial charge in [-0.05, 0) is 13.8 Å². The molecule has 0 atom stereocenters. The number of hydrogen-bond acceptors (Lipinski definition) is 2. The van der Waals surface area contributed by atoms with Crippen LogP contribution in [-0.4, -0.2) is 16.2 Å². The molecule has 1 aromatic heterocycles. The zero-order chi connectivity index (χ0) is 8.27. The Balaban J connectivity index is 2.93. The van der Waals surface area contributed by atoms with Gasteiger partial charge in [-0.25, -0.2) is 9.98 Å². The van der Waals surface area contributed by atoms with Crippen LogP contribution in [0.3, 0.4) is 0 Å². The van der Waals surface area contributed by atoms with Gasteiger partial charge in [0.05, 0.1) is 5.69 Å². The van der Waals surface area contributed by atoms with Crippen molar-refractivity contribution in [2.45, 2.75) is 13.8 Å². The first kappa shape index (κ1) is 7.72. The predicted molar refractivity (Wildman–Crippen MR) is 46.4 cm³/mol. The summed E-state index contributed by atoms with van der Waals surface area (Å²) in [7, 11) is 0. The van der Waals surface area contributed by atoms with Gasteiger partial charge in [-0.3, -0.25) is 0 Å². The van der Waals surface area contributed by atoms with Gasteiger partial charge in [0.25, 0.3) is 0 Å². The van der Waals surface area contributed by atoms with Gasteiger partial charge in [0.2, 0.25) is 0 Å². The summed E-state index contributed by atoms with van der Waals surface area (Å²) in [5.74, 6) is 1.63. The maximum atomic E-state index is 4.15. The Kier molecular flexibility index (Phi) is 2.21. The molecule has 3 heteroatoms. The van der Waals surface area contributed by atoms with Crippen molar-refractivity contribution in [2.24, 2.45) is 4.99 Å². The van der Waals surface area contributed by atoms with Crippen LogP contribution < -0.4 is 0 Å². The van der Waals surface area contributed by atoms with Gasteiger partial charge in [0.1, 0.15) is 5.82 Å². The number of nitrogens with zero attached hydrogens (tertiary/aromatic N) is 2. The summed E-state index contributed by atoms with van der Waals surface area (Å²) in [5, 5.41) is 0. The number of aromatic amines is 1. The average molecular weight is 149 g/mol. The molecular formula is C8H11N3. The molecule has 58 valence electrons. The maximum Gasteiger partial charge on any atom is 0.173 e. The lowest BCUT2D eigenvalue weighted by Gasteiger charge is -1.83. The smallest absolute Gasteiger partial charge is 0.173 e. The lowest BCUT2D eigenvalue weighted by Crippen LogP contribution is -1.70. The van der Waals surface area contributed by atoms with E-state index in [1.807, 2.05) is 13.8 Å². The molecule has 11 heavy (non-hydrogen) atoms. The largest absolute Gasteiger partial charge is 0.344 e. The van der Waals surface area contributed by atoms with Gasteiger partial charge in [-0.1, -0.05) is 12.7 Å². The zero-order valence-electron chi connectivity index (χ0n) is 6.76. The van der Waals surface area contributed by atoms with Crippen LogP contribution in [0.25, 0.3) is 0 Å². The minimum absolute atomic E-state index is 0.738. The minimum atomic E-state index is 0.738. The van der Waals surface area contributed by atoms with Crippen molar-refractivity contribution in [3.63, 3.8) is 0 Å². The van der Waals surface area contributed by atoms with Gasteiger partial charge >= 0.3 is 0 Å². The lowest BCUT2D eigenvalue weighted by atomic mass is 10.5. The molecule has 0 saturated heterocycles. The molecule has 0 fully saturated rings. The van der Waals surface area contributed by atoms with Gasteiger partial charge in [-0.2, -0.15) is 0 Å². The number of rotatable bonds is 2. The van der Waals surface area contributed by atoms with Gasteiger partial charge < -0.3 is 4.98 Å². The summed E-state index contributed by atoms with van der Waals surface area (Å²) in [6.45, 7) is 7.37. The first-order valence-electron chi connectivity index (χ1n) is 3.42. The second kappa shape index (κ2) is 3.14. The summed E-state index contributed by atoms with van der Waals surface area (Å²) in [4.78, 5) is 11.3. The van der Waals surface area contributed by atoms with Crippen molar-refractivity contribution in [3.05, 3.63) is 24.2 Å². The second-order valence-electron chi connectivity index (χ2n) is 2.28. The van der Waals surface area contributed by atoms with E-state index in [0.29, 0.717) is 0 Å². The van der Waals surface area contributed by atoms with E-state index in [4.69, 9.17) is 0 Å². The van der Waals surface area contributed by atoms with Crippen molar-refractivity contribution in [3.8, 4) is 0 Å². The molecule has 1 rings (SSSR count). The number of nitrogens with one attached hydrogen (secondary N) is 1. The standard InChI is InChI=1S/C8H11N3/c1-4-5-9-8-6(2)10-7(3)11-8/h4-5H,1H2,2-3H3,(H,10,11)/b9-5-. The molecule has 0 saturated carbocycles. The third-order valence-corrected chi connectivity index (χ3v) is 1.28. The van der Waals surface area contributed by atoms with Crippen LogP contribution in [0.4, 0.5) is 5.82 Å². The highest BCUT2D eigenvalue weighted by atomic mass is 15.0. The van der Waals surface area contributed by atoms with Crippen molar-refractivity contribution < 1.29 is 0 Å². The third-order valence-electron chi connectivity index (χ3n) is 1.28. The molecule has 0 aliphatic carbocycles. The fraction of sp³-hybridized carbons (Fsp3) is 0.250. The molecule has 0 spiro atoms. The predicted octanol–water partition coefficient (Wildman–Crippen LogP) is 1.91. The number of aliphatic imine (C=N–C) groups is 1. The second-order valence-corrected chi connectivity index (χ2v) is 2.28. The number of imidazole rings is 1. The van der Waals surface area contributed by atoms with Crippen molar-refractivity contribution in [1.29, 1.82) is 0 Å². The van der Waals surface area contributed by atoms with E-state index in [2.05, 4.69) is 21.5 Å². The molecule has 1 N–H and O–H groups in total.